The maximum atomic E-state index is 5.47. The highest BCUT2D eigenvalue weighted by Gasteiger charge is 2.10. The topological polar surface area (TPSA) is 38.9 Å². The van der Waals surface area contributed by atoms with Gasteiger partial charge in [-0.15, -0.1) is 11.3 Å². The van der Waals surface area contributed by atoms with Crippen LogP contribution < -0.4 is 5.73 Å². The Bertz CT molecular complexity index is 254. The van der Waals surface area contributed by atoms with Crippen LogP contribution in [0.15, 0.2) is 5.38 Å². The van der Waals surface area contributed by atoms with E-state index < -0.39 is 0 Å². The van der Waals surface area contributed by atoms with Gasteiger partial charge < -0.3 is 5.73 Å². The summed E-state index contributed by atoms with van der Waals surface area (Å²) in [5.41, 5.74) is 6.70. The lowest BCUT2D eigenvalue weighted by Crippen LogP contribution is -2.01. The van der Waals surface area contributed by atoms with Crippen molar-refractivity contribution in [2.45, 2.75) is 45.4 Å². The van der Waals surface area contributed by atoms with E-state index in [1.54, 1.807) is 11.3 Å². The minimum absolute atomic E-state index is 0.659. The molecule has 0 aromatic carbocycles. The number of hydrogen-bond acceptors (Lipinski definition) is 3. The third-order valence-electron chi connectivity index (χ3n) is 2.54. The largest absolute Gasteiger partial charge is 0.330 e. The smallest absolute Gasteiger partial charge is 0.0959 e. The molecular formula is C11H20N2S. The molecule has 0 amide bonds. The van der Waals surface area contributed by atoms with Crippen LogP contribution in [-0.2, 0) is 6.42 Å². The average molecular weight is 212 g/mol. The van der Waals surface area contributed by atoms with Crippen molar-refractivity contribution in [1.82, 2.24) is 4.98 Å². The number of rotatable bonds is 6. The molecule has 3 heteroatoms. The van der Waals surface area contributed by atoms with Crippen LogP contribution in [0.1, 0.15) is 49.7 Å². The normalized spacial score (nSPS) is 11.1. The number of aryl methyl sites for hydroxylation is 1. The minimum Gasteiger partial charge on any atom is -0.330 e. The predicted molar refractivity (Wildman–Crippen MR) is 62.8 cm³/mol. The van der Waals surface area contributed by atoms with E-state index in [2.05, 4.69) is 24.2 Å². The highest BCUT2D eigenvalue weighted by molar-refractivity contribution is 7.09. The van der Waals surface area contributed by atoms with Crippen LogP contribution in [0.4, 0.5) is 0 Å². The van der Waals surface area contributed by atoms with Gasteiger partial charge in [0.1, 0.15) is 0 Å². The van der Waals surface area contributed by atoms with E-state index in [9.17, 15) is 0 Å². The third-order valence-corrected chi connectivity index (χ3v) is 3.60. The molecule has 0 aliphatic heterocycles. The molecule has 14 heavy (non-hydrogen) atoms. The van der Waals surface area contributed by atoms with Crippen LogP contribution in [0.25, 0.3) is 0 Å². The first-order chi connectivity index (χ1) is 6.81. The maximum absolute atomic E-state index is 5.47. The zero-order chi connectivity index (χ0) is 10.4. The monoisotopic (exact) mass is 212 g/mol. The first kappa shape index (κ1) is 11.7. The van der Waals surface area contributed by atoms with Crippen LogP contribution in [0, 0.1) is 0 Å². The molecule has 0 unspecified atom stereocenters. The molecule has 1 aromatic rings. The second-order valence-electron chi connectivity index (χ2n) is 3.58. The third kappa shape index (κ3) is 3.07. The number of nitrogens with two attached hydrogens (primary N) is 1. The molecule has 0 spiro atoms. The highest BCUT2D eigenvalue weighted by atomic mass is 32.1. The summed E-state index contributed by atoms with van der Waals surface area (Å²) in [5, 5.41) is 3.49. The summed E-state index contributed by atoms with van der Waals surface area (Å²) in [4.78, 5) is 4.65. The van der Waals surface area contributed by atoms with Crippen molar-refractivity contribution in [2.24, 2.45) is 5.73 Å². The van der Waals surface area contributed by atoms with E-state index in [1.165, 1.54) is 23.5 Å². The van der Waals surface area contributed by atoms with E-state index in [0.29, 0.717) is 5.92 Å². The Balaban J connectivity index is 2.57. The van der Waals surface area contributed by atoms with Gasteiger partial charge in [0, 0.05) is 11.3 Å². The average Bonchev–Trinajstić information content (AvgIpc) is 2.65. The molecule has 2 nitrogen and oxygen atoms in total. The summed E-state index contributed by atoms with van der Waals surface area (Å²) in [7, 11) is 0. The van der Waals surface area contributed by atoms with Crippen molar-refractivity contribution >= 4 is 11.3 Å². The minimum atomic E-state index is 0.659. The van der Waals surface area contributed by atoms with Crippen LogP contribution in [-0.4, -0.2) is 11.5 Å². The Morgan fingerprint density at radius 3 is 2.71 bits per heavy atom. The summed E-state index contributed by atoms with van der Waals surface area (Å²) in [5.74, 6) is 0.659. The summed E-state index contributed by atoms with van der Waals surface area (Å²) < 4.78 is 0. The van der Waals surface area contributed by atoms with Gasteiger partial charge >= 0.3 is 0 Å². The van der Waals surface area contributed by atoms with Gasteiger partial charge in [-0.25, -0.2) is 4.98 Å². The Hall–Kier alpha value is -0.410. The van der Waals surface area contributed by atoms with E-state index in [0.717, 1.165) is 19.4 Å². The first-order valence-electron chi connectivity index (χ1n) is 5.46. The second kappa shape index (κ2) is 6.14. The first-order valence-corrected chi connectivity index (χ1v) is 6.34. The van der Waals surface area contributed by atoms with E-state index in [1.807, 2.05) is 0 Å². The lowest BCUT2D eigenvalue weighted by atomic mass is 10.1. The van der Waals surface area contributed by atoms with Crippen LogP contribution >= 0.6 is 11.3 Å². The molecule has 0 saturated carbocycles. The molecule has 80 valence electrons. The van der Waals surface area contributed by atoms with Crippen molar-refractivity contribution in [2.75, 3.05) is 6.54 Å². The number of thiazole rings is 1. The molecule has 0 aliphatic carbocycles. The zero-order valence-corrected chi connectivity index (χ0v) is 9.94. The van der Waals surface area contributed by atoms with Gasteiger partial charge in [-0.2, -0.15) is 0 Å². The predicted octanol–water partition coefficient (Wildman–Crippen LogP) is 2.94. The van der Waals surface area contributed by atoms with E-state index in [4.69, 9.17) is 5.73 Å². The number of nitrogens with zero attached hydrogens (tertiary/aromatic N) is 1. The van der Waals surface area contributed by atoms with Crippen molar-refractivity contribution in [1.29, 1.82) is 0 Å². The van der Waals surface area contributed by atoms with Crippen LogP contribution in [0.2, 0.25) is 0 Å². The molecule has 0 aliphatic rings. The molecule has 1 aromatic heterocycles. The maximum Gasteiger partial charge on any atom is 0.0959 e. The zero-order valence-electron chi connectivity index (χ0n) is 9.12. The Kier molecular flexibility index (Phi) is 5.12. The lowest BCUT2D eigenvalue weighted by Gasteiger charge is -2.06. The van der Waals surface area contributed by atoms with Crippen molar-refractivity contribution in [3.63, 3.8) is 0 Å². The fourth-order valence-corrected chi connectivity index (χ4v) is 2.67. The van der Waals surface area contributed by atoms with Gasteiger partial charge in [-0.3, -0.25) is 0 Å². The van der Waals surface area contributed by atoms with E-state index >= 15 is 0 Å². The lowest BCUT2D eigenvalue weighted by molar-refractivity contribution is 0.634. The molecular weight excluding hydrogens is 192 g/mol. The Labute approximate surface area is 90.6 Å². The molecule has 0 radical (unpaired) electrons. The summed E-state index contributed by atoms with van der Waals surface area (Å²) in [6.07, 6.45) is 4.47. The van der Waals surface area contributed by atoms with Crippen LogP contribution in [0.5, 0.6) is 0 Å². The van der Waals surface area contributed by atoms with Gasteiger partial charge in [0.2, 0.25) is 0 Å². The Morgan fingerprint density at radius 1 is 1.43 bits per heavy atom. The second-order valence-corrected chi connectivity index (χ2v) is 4.47. The van der Waals surface area contributed by atoms with Crippen molar-refractivity contribution in [3.8, 4) is 0 Å². The highest BCUT2D eigenvalue weighted by Crippen LogP contribution is 2.26. The van der Waals surface area contributed by atoms with Gasteiger partial charge in [-0.1, -0.05) is 13.8 Å². The molecule has 1 heterocycles. The molecule has 2 N–H and O–H groups in total. The van der Waals surface area contributed by atoms with Crippen LogP contribution in [0.3, 0.4) is 0 Å². The summed E-state index contributed by atoms with van der Waals surface area (Å²) in [6.45, 7) is 5.22. The quantitative estimate of drug-likeness (QED) is 0.787. The van der Waals surface area contributed by atoms with Gasteiger partial charge in [0.25, 0.3) is 0 Å². The van der Waals surface area contributed by atoms with Gasteiger partial charge in [0.05, 0.1) is 10.7 Å². The van der Waals surface area contributed by atoms with Crippen molar-refractivity contribution in [3.05, 3.63) is 16.1 Å². The number of aromatic nitrogens is 1. The molecule has 0 atom stereocenters. The number of hydrogen-bond donors (Lipinski definition) is 1. The van der Waals surface area contributed by atoms with Crippen molar-refractivity contribution < 1.29 is 0 Å². The summed E-state index contributed by atoms with van der Waals surface area (Å²) in [6, 6.07) is 0. The fraction of sp³-hybridized carbons (Fsp3) is 0.727. The summed E-state index contributed by atoms with van der Waals surface area (Å²) >= 11 is 1.81. The standard InChI is InChI=1S/C11H20N2S/c1-3-9(4-2)11-13-10(8-14-11)6-5-7-12/h8-9H,3-7,12H2,1-2H3. The van der Waals surface area contributed by atoms with E-state index in [-0.39, 0.29) is 0 Å². The molecule has 0 saturated heterocycles. The molecule has 0 bridgehead atoms. The Morgan fingerprint density at radius 2 is 2.14 bits per heavy atom. The molecule has 0 fully saturated rings. The van der Waals surface area contributed by atoms with Gasteiger partial charge in [-0.05, 0) is 32.2 Å². The molecule has 1 rings (SSSR count). The van der Waals surface area contributed by atoms with Gasteiger partial charge in [0.15, 0.2) is 0 Å². The fourth-order valence-electron chi connectivity index (χ4n) is 1.55. The SMILES string of the molecule is CCC(CC)c1nc(CCCN)cs1.